The Labute approximate surface area is 163 Å². The smallest absolute Gasteiger partial charge is 0.357 e. The molecule has 9 heteroatoms. The molecule has 1 aromatic rings. The van der Waals surface area contributed by atoms with Crippen molar-refractivity contribution in [3.8, 4) is 0 Å². The molecule has 0 saturated carbocycles. The van der Waals surface area contributed by atoms with Gasteiger partial charge in [-0.05, 0) is 24.6 Å². The van der Waals surface area contributed by atoms with Gasteiger partial charge in [0.2, 0.25) is 5.91 Å². The molecule has 2 rings (SSSR count). The number of piperazine rings is 1. The van der Waals surface area contributed by atoms with E-state index in [2.05, 4.69) is 20.5 Å². The van der Waals surface area contributed by atoms with E-state index in [9.17, 15) is 18.0 Å². The summed E-state index contributed by atoms with van der Waals surface area (Å²) in [4.78, 5) is 19.9. The normalized spacial score (nSPS) is 16.2. The Morgan fingerprint density at radius 1 is 1.11 bits per heavy atom. The number of guanidine groups is 1. The van der Waals surface area contributed by atoms with E-state index >= 15 is 0 Å². The molecule has 0 atom stereocenters. The molecular formula is C19H28F3N5O. The first-order chi connectivity index (χ1) is 13.3. The molecular weight excluding hydrogens is 371 g/mol. The van der Waals surface area contributed by atoms with Gasteiger partial charge in [0.05, 0.1) is 12.1 Å². The van der Waals surface area contributed by atoms with Gasteiger partial charge in [0.15, 0.2) is 5.96 Å². The van der Waals surface area contributed by atoms with Crippen LogP contribution in [0.4, 0.5) is 13.2 Å². The maximum Gasteiger partial charge on any atom is 0.416 e. The van der Waals surface area contributed by atoms with Gasteiger partial charge < -0.3 is 15.5 Å². The minimum atomic E-state index is -4.33. The fourth-order valence-corrected chi connectivity index (χ4v) is 2.93. The highest BCUT2D eigenvalue weighted by atomic mass is 19.4. The topological polar surface area (TPSA) is 60.0 Å². The summed E-state index contributed by atoms with van der Waals surface area (Å²) in [5, 5.41) is 6.38. The molecule has 1 aliphatic heterocycles. The van der Waals surface area contributed by atoms with Crippen molar-refractivity contribution in [3.05, 3.63) is 35.4 Å². The number of rotatable bonds is 6. The SMILES string of the molecule is CCNC(=NCc1ccc(C(F)(F)F)cc1)NCCN1CCN(C(C)=O)CC1. The van der Waals surface area contributed by atoms with Gasteiger partial charge in [0.1, 0.15) is 0 Å². The molecule has 0 aliphatic carbocycles. The van der Waals surface area contributed by atoms with Crippen molar-refractivity contribution in [2.24, 2.45) is 4.99 Å². The number of hydrogen-bond acceptors (Lipinski definition) is 3. The zero-order valence-electron chi connectivity index (χ0n) is 16.4. The van der Waals surface area contributed by atoms with E-state index < -0.39 is 11.7 Å². The Morgan fingerprint density at radius 2 is 1.75 bits per heavy atom. The third-order valence-corrected chi connectivity index (χ3v) is 4.58. The standard InChI is InChI=1S/C19H28F3N5O/c1-3-23-18(24-8-9-26-10-12-27(13-11-26)15(2)28)25-14-16-4-6-17(7-5-16)19(20,21)22/h4-7H,3,8-14H2,1-2H3,(H2,23,24,25). The highest BCUT2D eigenvalue weighted by Crippen LogP contribution is 2.29. The van der Waals surface area contributed by atoms with E-state index in [1.165, 1.54) is 12.1 Å². The van der Waals surface area contributed by atoms with Crippen LogP contribution in [0.25, 0.3) is 0 Å². The van der Waals surface area contributed by atoms with Gasteiger partial charge >= 0.3 is 6.18 Å². The third kappa shape index (κ3) is 7.03. The monoisotopic (exact) mass is 399 g/mol. The summed E-state index contributed by atoms with van der Waals surface area (Å²) in [6.07, 6.45) is -4.33. The summed E-state index contributed by atoms with van der Waals surface area (Å²) in [6.45, 7) is 9.25. The average Bonchev–Trinajstić information content (AvgIpc) is 2.66. The van der Waals surface area contributed by atoms with E-state index in [1.807, 2.05) is 11.8 Å². The second-order valence-corrected chi connectivity index (χ2v) is 6.66. The summed E-state index contributed by atoms with van der Waals surface area (Å²) >= 11 is 0. The quantitative estimate of drug-likeness (QED) is 0.567. The highest BCUT2D eigenvalue weighted by Gasteiger charge is 2.29. The lowest BCUT2D eigenvalue weighted by molar-refractivity contribution is -0.137. The van der Waals surface area contributed by atoms with Crippen molar-refractivity contribution in [1.29, 1.82) is 0 Å². The number of aliphatic imine (C=N–C) groups is 1. The van der Waals surface area contributed by atoms with E-state index in [1.54, 1.807) is 6.92 Å². The number of carbonyl (C=O) groups excluding carboxylic acids is 1. The van der Waals surface area contributed by atoms with Crippen molar-refractivity contribution >= 4 is 11.9 Å². The average molecular weight is 399 g/mol. The van der Waals surface area contributed by atoms with Crippen LogP contribution in [0.15, 0.2) is 29.3 Å². The van der Waals surface area contributed by atoms with Crippen molar-refractivity contribution in [3.63, 3.8) is 0 Å². The lowest BCUT2D eigenvalue weighted by Crippen LogP contribution is -2.50. The molecule has 1 amide bonds. The Kier molecular flexibility index (Phi) is 8.10. The predicted octanol–water partition coefficient (Wildman–Crippen LogP) is 1.92. The largest absolute Gasteiger partial charge is 0.416 e. The van der Waals surface area contributed by atoms with Gasteiger partial charge in [-0.15, -0.1) is 0 Å². The second kappa shape index (κ2) is 10.3. The van der Waals surface area contributed by atoms with Crippen molar-refractivity contribution in [2.45, 2.75) is 26.6 Å². The summed E-state index contributed by atoms with van der Waals surface area (Å²) < 4.78 is 37.9. The first-order valence-electron chi connectivity index (χ1n) is 9.45. The van der Waals surface area contributed by atoms with E-state index in [4.69, 9.17) is 0 Å². The van der Waals surface area contributed by atoms with Gasteiger partial charge in [-0.25, -0.2) is 4.99 Å². The lowest BCUT2D eigenvalue weighted by Gasteiger charge is -2.34. The molecule has 2 N–H and O–H groups in total. The Bertz CT molecular complexity index is 653. The fraction of sp³-hybridized carbons (Fsp3) is 0.579. The van der Waals surface area contributed by atoms with Crippen LogP contribution in [0.1, 0.15) is 25.0 Å². The number of nitrogens with one attached hydrogen (secondary N) is 2. The molecule has 28 heavy (non-hydrogen) atoms. The predicted molar refractivity (Wildman–Crippen MR) is 103 cm³/mol. The molecule has 1 aliphatic rings. The summed E-state index contributed by atoms with van der Waals surface area (Å²) in [5.41, 5.74) is 0.0562. The molecule has 1 aromatic carbocycles. The molecule has 1 saturated heterocycles. The Balaban J connectivity index is 1.80. The van der Waals surface area contributed by atoms with Crippen LogP contribution in [0.2, 0.25) is 0 Å². The molecule has 0 spiro atoms. The summed E-state index contributed by atoms with van der Waals surface area (Å²) in [6, 6.07) is 5.05. The van der Waals surface area contributed by atoms with E-state index in [0.717, 1.165) is 44.9 Å². The van der Waals surface area contributed by atoms with Gasteiger partial charge in [0, 0.05) is 52.7 Å². The number of hydrogen-bond donors (Lipinski definition) is 2. The zero-order chi connectivity index (χ0) is 20.6. The molecule has 6 nitrogen and oxygen atoms in total. The molecule has 156 valence electrons. The van der Waals surface area contributed by atoms with Crippen LogP contribution in [0, 0.1) is 0 Å². The number of halogens is 3. The van der Waals surface area contributed by atoms with Gasteiger partial charge in [0.25, 0.3) is 0 Å². The molecule has 0 bridgehead atoms. The first kappa shape index (κ1) is 22.0. The number of alkyl halides is 3. The Morgan fingerprint density at radius 3 is 2.29 bits per heavy atom. The minimum Gasteiger partial charge on any atom is -0.357 e. The van der Waals surface area contributed by atoms with Crippen LogP contribution in [-0.4, -0.2) is 67.5 Å². The molecule has 1 fully saturated rings. The van der Waals surface area contributed by atoms with Crippen LogP contribution < -0.4 is 10.6 Å². The molecule has 0 aromatic heterocycles. The van der Waals surface area contributed by atoms with Crippen molar-refractivity contribution in [2.75, 3.05) is 45.8 Å². The third-order valence-electron chi connectivity index (χ3n) is 4.58. The number of nitrogens with zero attached hydrogens (tertiary/aromatic N) is 3. The number of benzene rings is 1. The maximum atomic E-state index is 12.6. The zero-order valence-corrected chi connectivity index (χ0v) is 16.4. The van der Waals surface area contributed by atoms with Crippen LogP contribution in [0.3, 0.4) is 0 Å². The molecule has 1 heterocycles. The maximum absolute atomic E-state index is 12.6. The molecule has 0 radical (unpaired) electrons. The molecule has 0 unspecified atom stereocenters. The van der Waals surface area contributed by atoms with Crippen LogP contribution >= 0.6 is 0 Å². The highest BCUT2D eigenvalue weighted by molar-refractivity contribution is 5.79. The number of amides is 1. The first-order valence-corrected chi connectivity index (χ1v) is 9.45. The Hall–Kier alpha value is -2.29. The van der Waals surface area contributed by atoms with Gasteiger partial charge in [-0.1, -0.05) is 12.1 Å². The van der Waals surface area contributed by atoms with E-state index in [0.29, 0.717) is 31.2 Å². The van der Waals surface area contributed by atoms with Crippen molar-refractivity contribution in [1.82, 2.24) is 20.4 Å². The van der Waals surface area contributed by atoms with E-state index in [-0.39, 0.29) is 5.91 Å². The van der Waals surface area contributed by atoms with Crippen LogP contribution in [-0.2, 0) is 17.5 Å². The summed E-state index contributed by atoms with van der Waals surface area (Å²) in [5.74, 6) is 0.743. The lowest BCUT2D eigenvalue weighted by atomic mass is 10.1. The minimum absolute atomic E-state index is 0.114. The number of carbonyl (C=O) groups is 1. The fourth-order valence-electron chi connectivity index (χ4n) is 2.93. The van der Waals surface area contributed by atoms with Crippen molar-refractivity contribution < 1.29 is 18.0 Å². The summed E-state index contributed by atoms with van der Waals surface area (Å²) in [7, 11) is 0. The van der Waals surface area contributed by atoms with Crippen LogP contribution in [0.5, 0.6) is 0 Å². The van der Waals surface area contributed by atoms with Gasteiger partial charge in [-0.3, -0.25) is 9.69 Å². The van der Waals surface area contributed by atoms with Gasteiger partial charge in [-0.2, -0.15) is 13.2 Å². The second-order valence-electron chi connectivity index (χ2n) is 6.66.